The maximum absolute atomic E-state index is 12.4. The fraction of sp³-hybridized carbons (Fsp3) is 0.423. The second-order valence-electron chi connectivity index (χ2n) is 9.30. The first-order valence-electron chi connectivity index (χ1n) is 11.7. The summed E-state index contributed by atoms with van der Waals surface area (Å²) in [5.41, 5.74) is 4.71. The van der Waals surface area contributed by atoms with E-state index in [4.69, 9.17) is 14.6 Å². The third-order valence-corrected chi connectivity index (χ3v) is 7.06. The molecule has 0 aromatic heterocycles. The molecular weight excluding hydrogens is 436 g/mol. The summed E-state index contributed by atoms with van der Waals surface area (Å²) in [5, 5.41) is 14.8. The van der Waals surface area contributed by atoms with Crippen LogP contribution in [0.15, 0.2) is 48.5 Å². The van der Waals surface area contributed by atoms with Gasteiger partial charge in [-0.25, -0.2) is 9.59 Å². The fourth-order valence-corrected chi connectivity index (χ4v) is 5.34. The van der Waals surface area contributed by atoms with Crippen molar-refractivity contribution in [3.63, 3.8) is 0 Å². The Morgan fingerprint density at radius 3 is 2.26 bits per heavy atom. The maximum Gasteiger partial charge on any atom is 0.407 e. The van der Waals surface area contributed by atoms with Crippen molar-refractivity contribution in [1.29, 1.82) is 0 Å². The molecule has 1 heterocycles. The average molecular weight is 465 g/mol. The molecule has 2 atom stereocenters. The van der Waals surface area contributed by atoms with Crippen molar-refractivity contribution in [2.45, 2.75) is 49.8 Å². The standard InChI is InChI=1S/C26H28N2O6/c29-23(28-22-9-10-33-24(22)25(30)31)13-15-11-16(12-15)27-26(32)34-14-21-19-7-3-1-5-17(19)18-6-2-4-8-20(18)21/h1-8,15-16,21-22,24H,9-14H2,(H,27,32)(H,28,29)(H,30,31). The topological polar surface area (TPSA) is 114 Å². The molecule has 1 aliphatic heterocycles. The van der Waals surface area contributed by atoms with E-state index in [9.17, 15) is 14.4 Å². The van der Waals surface area contributed by atoms with Crippen LogP contribution in [-0.2, 0) is 19.1 Å². The zero-order valence-corrected chi connectivity index (χ0v) is 18.7. The highest BCUT2D eigenvalue weighted by Crippen LogP contribution is 2.44. The third kappa shape index (κ3) is 4.50. The summed E-state index contributed by atoms with van der Waals surface area (Å²) >= 11 is 0. The number of carbonyl (C=O) groups is 3. The van der Waals surface area contributed by atoms with Crippen molar-refractivity contribution < 1.29 is 29.0 Å². The van der Waals surface area contributed by atoms with E-state index < -0.39 is 24.2 Å². The summed E-state index contributed by atoms with van der Waals surface area (Å²) < 4.78 is 10.7. The molecule has 5 rings (SSSR count). The lowest BCUT2D eigenvalue weighted by Gasteiger charge is -2.35. The summed E-state index contributed by atoms with van der Waals surface area (Å²) in [4.78, 5) is 35.8. The minimum absolute atomic E-state index is 0.0185. The van der Waals surface area contributed by atoms with Crippen LogP contribution in [0.25, 0.3) is 11.1 Å². The van der Waals surface area contributed by atoms with Crippen LogP contribution < -0.4 is 10.6 Å². The molecule has 0 radical (unpaired) electrons. The van der Waals surface area contributed by atoms with Gasteiger partial charge in [-0.05, 0) is 47.4 Å². The quantitative estimate of drug-likeness (QED) is 0.580. The van der Waals surface area contributed by atoms with E-state index in [2.05, 4.69) is 34.9 Å². The Morgan fingerprint density at radius 1 is 0.971 bits per heavy atom. The van der Waals surface area contributed by atoms with E-state index >= 15 is 0 Å². The maximum atomic E-state index is 12.4. The molecule has 2 unspecified atom stereocenters. The molecule has 1 saturated heterocycles. The van der Waals surface area contributed by atoms with Crippen LogP contribution in [0, 0.1) is 5.92 Å². The summed E-state index contributed by atoms with van der Waals surface area (Å²) in [5.74, 6) is -1.06. The van der Waals surface area contributed by atoms with Gasteiger partial charge >= 0.3 is 12.1 Å². The third-order valence-electron chi connectivity index (χ3n) is 7.06. The Kier molecular flexibility index (Phi) is 6.24. The van der Waals surface area contributed by atoms with Gasteiger partial charge < -0.3 is 25.2 Å². The predicted molar refractivity (Wildman–Crippen MR) is 123 cm³/mol. The number of rotatable bonds is 7. The molecule has 34 heavy (non-hydrogen) atoms. The molecule has 3 aliphatic rings. The highest BCUT2D eigenvalue weighted by atomic mass is 16.5. The molecule has 2 aromatic rings. The van der Waals surface area contributed by atoms with Crippen molar-refractivity contribution in [2.24, 2.45) is 5.92 Å². The van der Waals surface area contributed by atoms with E-state index in [1.54, 1.807) is 0 Å². The molecule has 2 fully saturated rings. The number of amides is 2. The number of benzene rings is 2. The van der Waals surface area contributed by atoms with Crippen LogP contribution in [0.1, 0.15) is 42.7 Å². The lowest BCUT2D eigenvalue weighted by molar-refractivity contribution is -0.148. The average Bonchev–Trinajstić information content (AvgIpc) is 3.39. The zero-order chi connectivity index (χ0) is 23.7. The molecule has 178 valence electrons. The van der Waals surface area contributed by atoms with Crippen molar-refractivity contribution >= 4 is 18.0 Å². The summed E-state index contributed by atoms with van der Waals surface area (Å²) in [6.45, 7) is 0.601. The van der Waals surface area contributed by atoms with Crippen LogP contribution in [0.2, 0.25) is 0 Å². The van der Waals surface area contributed by atoms with E-state index in [0.29, 0.717) is 32.3 Å². The number of carboxylic acids is 1. The van der Waals surface area contributed by atoms with Gasteiger partial charge in [0.25, 0.3) is 0 Å². The number of alkyl carbamates (subject to hydrolysis) is 1. The van der Waals surface area contributed by atoms with E-state index in [1.165, 1.54) is 22.3 Å². The van der Waals surface area contributed by atoms with Crippen LogP contribution in [0.5, 0.6) is 0 Å². The first kappa shape index (κ1) is 22.4. The molecule has 2 aliphatic carbocycles. The normalized spacial score (nSPS) is 25.1. The van der Waals surface area contributed by atoms with Crippen LogP contribution >= 0.6 is 0 Å². The molecule has 2 amide bonds. The SMILES string of the molecule is O=C(CC1CC(NC(=O)OCC2c3ccccc3-c3ccccc32)C1)NC1CCOC1C(=O)O. The Hall–Kier alpha value is -3.39. The predicted octanol–water partition coefficient (Wildman–Crippen LogP) is 3.05. The monoisotopic (exact) mass is 464 g/mol. The Bertz CT molecular complexity index is 1050. The van der Waals surface area contributed by atoms with Gasteiger partial charge in [0, 0.05) is 25.0 Å². The van der Waals surface area contributed by atoms with E-state index in [1.807, 2.05) is 24.3 Å². The molecule has 0 spiro atoms. The first-order chi connectivity index (χ1) is 16.5. The minimum Gasteiger partial charge on any atom is -0.479 e. The summed E-state index contributed by atoms with van der Waals surface area (Å²) in [6.07, 6.45) is 0.781. The molecule has 8 nitrogen and oxygen atoms in total. The van der Waals surface area contributed by atoms with Crippen LogP contribution in [0.4, 0.5) is 4.79 Å². The highest BCUT2D eigenvalue weighted by molar-refractivity contribution is 5.80. The van der Waals surface area contributed by atoms with Gasteiger partial charge in [0.05, 0.1) is 6.04 Å². The lowest BCUT2D eigenvalue weighted by Crippen LogP contribution is -2.48. The van der Waals surface area contributed by atoms with Crippen LogP contribution in [-0.4, -0.2) is 54.5 Å². The molecule has 8 heteroatoms. The van der Waals surface area contributed by atoms with Crippen molar-refractivity contribution in [3.8, 4) is 11.1 Å². The second kappa shape index (κ2) is 9.46. The highest BCUT2D eigenvalue weighted by Gasteiger charge is 2.37. The molecule has 3 N–H and O–H groups in total. The molecular formula is C26H28N2O6. The van der Waals surface area contributed by atoms with Gasteiger partial charge in [-0.1, -0.05) is 48.5 Å². The van der Waals surface area contributed by atoms with E-state index in [0.717, 1.165) is 0 Å². The summed E-state index contributed by atoms with van der Waals surface area (Å²) in [6, 6.07) is 15.9. The van der Waals surface area contributed by atoms with E-state index in [-0.39, 0.29) is 30.4 Å². The van der Waals surface area contributed by atoms with Gasteiger partial charge in [0.15, 0.2) is 6.10 Å². The molecule has 2 aromatic carbocycles. The number of hydrogen-bond acceptors (Lipinski definition) is 5. The molecule has 1 saturated carbocycles. The number of nitrogens with one attached hydrogen (secondary N) is 2. The van der Waals surface area contributed by atoms with Gasteiger partial charge in [-0.15, -0.1) is 0 Å². The Balaban J connectivity index is 1.06. The Morgan fingerprint density at radius 2 is 1.62 bits per heavy atom. The number of hydrogen-bond donors (Lipinski definition) is 3. The summed E-state index contributed by atoms with van der Waals surface area (Å²) in [7, 11) is 0. The lowest BCUT2D eigenvalue weighted by atomic mass is 9.78. The van der Waals surface area contributed by atoms with Gasteiger partial charge in [-0.3, -0.25) is 4.79 Å². The zero-order valence-electron chi connectivity index (χ0n) is 18.7. The van der Waals surface area contributed by atoms with Crippen molar-refractivity contribution in [3.05, 3.63) is 59.7 Å². The smallest absolute Gasteiger partial charge is 0.407 e. The largest absolute Gasteiger partial charge is 0.479 e. The first-order valence-corrected chi connectivity index (χ1v) is 11.7. The number of carboxylic acid groups (broad SMARTS) is 1. The van der Waals surface area contributed by atoms with Crippen LogP contribution in [0.3, 0.4) is 0 Å². The second-order valence-corrected chi connectivity index (χ2v) is 9.30. The number of ether oxygens (including phenoxy) is 2. The number of fused-ring (bicyclic) bond motifs is 3. The minimum atomic E-state index is -1.06. The van der Waals surface area contributed by atoms with Crippen molar-refractivity contribution in [1.82, 2.24) is 10.6 Å². The number of aliphatic carboxylic acids is 1. The fourth-order valence-electron chi connectivity index (χ4n) is 5.34. The van der Waals surface area contributed by atoms with Gasteiger partial charge in [-0.2, -0.15) is 0 Å². The Labute approximate surface area is 197 Å². The van der Waals surface area contributed by atoms with Gasteiger partial charge in [0.2, 0.25) is 5.91 Å². The van der Waals surface area contributed by atoms with Crippen molar-refractivity contribution in [2.75, 3.05) is 13.2 Å². The number of carbonyl (C=O) groups excluding carboxylic acids is 2. The molecule has 0 bridgehead atoms. The van der Waals surface area contributed by atoms with Gasteiger partial charge in [0.1, 0.15) is 6.61 Å².